The second kappa shape index (κ2) is 3.76. The summed E-state index contributed by atoms with van der Waals surface area (Å²) in [5.41, 5.74) is -0.0875. The Bertz CT molecular complexity index is 333. The van der Waals surface area contributed by atoms with Crippen molar-refractivity contribution in [2.45, 2.75) is 6.43 Å². The number of hydrogen-bond donors (Lipinski definition) is 0. The van der Waals surface area contributed by atoms with Crippen molar-refractivity contribution in [3.05, 3.63) is 27.1 Å². The normalized spacial score (nSPS) is 9.92. The highest BCUT2D eigenvalue weighted by Gasteiger charge is 2.15. The second-order valence-corrected chi connectivity index (χ2v) is 3.05. The molecule has 0 atom stereocenters. The molecule has 12 heavy (non-hydrogen) atoms. The van der Waals surface area contributed by atoms with Crippen LogP contribution < -0.4 is 0 Å². The highest BCUT2D eigenvalue weighted by atomic mass is 127. The van der Waals surface area contributed by atoms with E-state index in [1.807, 2.05) is 6.07 Å². The maximum absolute atomic E-state index is 12.2. The molecule has 62 valence electrons. The summed E-state index contributed by atoms with van der Waals surface area (Å²) in [7, 11) is 0. The highest BCUT2D eigenvalue weighted by Crippen LogP contribution is 2.23. The summed E-state index contributed by atoms with van der Waals surface area (Å²) in [6.45, 7) is 0. The van der Waals surface area contributed by atoms with Gasteiger partial charge in [0.05, 0.1) is 9.13 Å². The minimum absolute atomic E-state index is 0.229. The summed E-state index contributed by atoms with van der Waals surface area (Å²) in [6.07, 6.45) is -1.41. The lowest BCUT2D eigenvalue weighted by atomic mass is 10.2. The van der Waals surface area contributed by atoms with Gasteiger partial charge in [0.1, 0.15) is 11.8 Å². The summed E-state index contributed by atoms with van der Waals surface area (Å²) >= 11 is 1.69. The van der Waals surface area contributed by atoms with Gasteiger partial charge < -0.3 is 0 Å². The smallest absolute Gasteiger partial charge is 0.254 e. The Morgan fingerprint density at radius 1 is 1.58 bits per heavy atom. The lowest BCUT2D eigenvalue weighted by Crippen LogP contribution is -1.96. The first-order valence-corrected chi connectivity index (χ1v) is 4.07. The number of aromatic nitrogens is 1. The molecule has 0 spiro atoms. The van der Waals surface area contributed by atoms with Crippen LogP contribution in [0.5, 0.6) is 0 Å². The van der Waals surface area contributed by atoms with Crippen LogP contribution in [0.3, 0.4) is 0 Å². The maximum atomic E-state index is 12.2. The van der Waals surface area contributed by atoms with Gasteiger partial charge in [-0.15, -0.1) is 0 Å². The van der Waals surface area contributed by atoms with Crippen molar-refractivity contribution in [2.75, 3.05) is 0 Å². The van der Waals surface area contributed by atoms with Crippen molar-refractivity contribution in [1.82, 2.24) is 4.98 Å². The minimum atomic E-state index is -2.62. The SMILES string of the molecule is N#Cc1ccnc(C(F)F)c1I. The molecule has 0 aliphatic heterocycles. The zero-order valence-corrected chi connectivity index (χ0v) is 7.92. The molecular formula is C7H3F2IN2. The number of nitrogens with zero attached hydrogens (tertiary/aromatic N) is 2. The number of nitriles is 1. The number of halogens is 3. The molecular weight excluding hydrogens is 277 g/mol. The van der Waals surface area contributed by atoms with Gasteiger partial charge in [0, 0.05) is 6.20 Å². The zero-order valence-electron chi connectivity index (χ0n) is 5.76. The van der Waals surface area contributed by atoms with Crippen molar-refractivity contribution in [3.63, 3.8) is 0 Å². The van der Waals surface area contributed by atoms with Gasteiger partial charge in [-0.05, 0) is 28.7 Å². The molecule has 0 aromatic carbocycles. The van der Waals surface area contributed by atoms with Crippen LogP contribution in [0.2, 0.25) is 0 Å². The molecule has 0 unspecified atom stereocenters. The molecule has 1 aromatic rings. The molecule has 0 amide bonds. The van der Waals surface area contributed by atoms with E-state index in [1.165, 1.54) is 12.3 Å². The standard InChI is InChI=1S/C7H3F2IN2/c8-7(9)6-5(10)4(3-11)1-2-12-6/h1-2,7H. The van der Waals surface area contributed by atoms with Crippen LogP contribution in [0.4, 0.5) is 8.78 Å². The fourth-order valence-corrected chi connectivity index (χ4v) is 1.37. The van der Waals surface area contributed by atoms with Crippen molar-refractivity contribution >= 4 is 22.6 Å². The number of pyridine rings is 1. The average Bonchev–Trinajstić information content (AvgIpc) is 2.04. The molecule has 0 radical (unpaired) electrons. The van der Waals surface area contributed by atoms with Gasteiger partial charge in [-0.1, -0.05) is 0 Å². The molecule has 0 fully saturated rings. The summed E-state index contributed by atoms with van der Waals surface area (Å²) in [6, 6.07) is 3.22. The average molecular weight is 280 g/mol. The van der Waals surface area contributed by atoms with Crippen LogP contribution in [0.15, 0.2) is 12.3 Å². The Balaban J connectivity index is 3.25. The van der Waals surface area contributed by atoms with Crippen LogP contribution in [0.25, 0.3) is 0 Å². The van der Waals surface area contributed by atoms with Gasteiger partial charge in [-0.3, -0.25) is 4.98 Å². The zero-order chi connectivity index (χ0) is 9.14. The predicted molar refractivity (Wildman–Crippen MR) is 46.6 cm³/mol. The Labute approximate surface area is 81.4 Å². The van der Waals surface area contributed by atoms with E-state index in [4.69, 9.17) is 5.26 Å². The van der Waals surface area contributed by atoms with Gasteiger partial charge in [-0.25, -0.2) is 8.78 Å². The molecule has 0 bridgehead atoms. The van der Waals surface area contributed by atoms with Crippen molar-refractivity contribution in [1.29, 1.82) is 5.26 Å². The van der Waals surface area contributed by atoms with Crippen molar-refractivity contribution in [2.24, 2.45) is 0 Å². The third-order valence-corrected chi connectivity index (χ3v) is 2.38. The highest BCUT2D eigenvalue weighted by molar-refractivity contribution is 14.1. The topological polar surface area (TPSA) is 36.7 Å². The van der Waals surface area contributed by atoms with Crippen LogP contribution in [0.1, 0.15) is 17.7 Å². The van der Waals surface area contributed by atoms with E-state index in [-0.39, 0.29) is 14.8 Å². The molecule has 0 saturated carbocycles. The van der Waals surface area contributed by atoms with E-state index in [9.17, 15) is 8.78 Å². The van der Waals surface area contributed by atoms with E-state index < -0.39 is 6.43 Å². The lowest BCUT2D eigenvalue weighted by Gasteiger charge is -2.01. The predicted octanol–water partition coefficient (Wildman–Crippen LogP) is 2.50. The molecule has 0 aliphatic rings. The fourth-order valence-electron chi connectivity index (χ4n) is 0.698. The third-order valence-electron chi connectivity index (χ3n) is 1.24. The molecule has 1 aromatic heterocycles. The van der Waals surface area contributed by atoms with Crippen LogP contribution in [0, 0.1) is 14.9 Å². The van der Waals surface area contributed by atoms with Gasteiger partial charge in [0.25, 0.3) is 6.43 Å². The molecule has 0 aliphatic carbocycles. The van der Waals surface area contributed by atoms with Crippen molar-refractivity contribution in [3.8, 4) is 6.07 Å². The number of rotatable bonds is 1. The quantitative estimate of drug-likeness (QED) is 0.741. The van der Waals surface area contributed by atoms with Crippen LogP contribution in [-0.2, 0) is 0 Å². The van der Waals surface area contributed by atoms with Gasteiger partial charge >= 0.3 is 0 Å². The first-order chi connectivity index (χ1) is 5.66. The Morgan fingerprint density at radius 3 is 2.75 bits per heavy atom. The van der Waals surface area contributed by atoms with Crippen molar-refractivity contribution < 1.29 is 8.78 Å². The maximum Gasteiger partial charge on any atom is 0.281 e. The van der Waals surface area contributed by atoms with Gasteiger partial charge in [0.2, 0.25) is 0 Å². The molecule has 5 heteroatoms. The van der Waals surface area contributed by atoms with Gasteiger partial charge in [0.15, 0.2) is 0 Å². The molecule has 2 nitrogen and oxygen atoms in total. The minimum Gasteiger partial charge on any atom is -0.254 e. The van der Waals surface area contributed by atoms with E-state index in [0.29, 0.717) is 0 Å². The lowest BCUT2D eigenvalue weighted by molar-refractivity contribution is 0.145. The summed E-state index contributed by atoms with van der Waals surface area (Å²) in [5, 5.41) is 8.50. The van der Waals surface area contributed by atoms with E-state index in [2.05, 4.69) is 4.98 Å². The van der Waals surface area contributed by atoms with E-state index in [1.54, 1.807) is 22.6 Å². The molecule has 0 N–H and O–H groups in total. The largest absolute Gasteiger partial charge is 0.281 e. The molecule has 0 saturated heterocycles. The third kappa shape index (κ3) is 1.69. The second-order valence-electron chi connectivity index (χ2n) is 1.97. The fraction of sp³-hybridized carbons (Fsp3) is 0.143. The van der Waals surface area contributed by atoms with E-state index >= 15 is 0 Å². The first kappa shape index (κ1) is 9.32. The molecule has 1 rings (SSSR count). The Kier molecular flexibility index (Phi) is 2.92. The van der Waals surface area contributed by atoms with Crippen LogP contribution in [-0.4, -0.2) is 4.98 Å². The molecule has 1 heterocycles. The van der Waals surface area contributed by atoms with E-state index in [0.717, 1.165) is 0 Å². The first-order valence-electron chi connectivity index (χ1n) is 2.99. The summed E-state index contributed by atoms with van der Waals surface area (Å²) in [5.74, 6) is 0. The monoisotopic (exact) mass is 280 g/mol. The Hall–Kier alpha value is -0.770. The number of hydrogen-bond acceptors (Lipinski definition) is 2. The Morgan fingerprint density at radius 2 is 2.25 bits per heavy atom. The number of alkyl halides is 2. The van der Waals surface area contributed by atoms with Crippen LogP contribution >= 0.6 is 22.6 Å². The summed E-state index contributed by atoms with van der Waals surface area (Å²) < 4.78 is 24.6. The summed E-state index contributed by atoms with van der Waals surface area (Å²) in [4.78, 5) is 3.48. The van der Waals surface area contributed by atoms with Gasteiger partial charge in [-0.2, -0.15) is 5.26 Å².